The lowest BCUT2D eigenvalue weighted by molar-refractivity contribution is -0.137. The molecule has 4 nitrogen and oxygen atoms in total. The lowest BCUT2D eigenvalue weighted by Crippen LogP contribution is -2.55. The highest BCUT2D eigenvalue weighted by Crippen LogP contribution is 2.50. The van der Waals surface area contributed by atoms with Crippen LogP contribution in [0.5, 0.6) is 0 Å². The molecule has 3 saturated carbocycles. The zero-order valence-electron chi connectivity index (χ0n) is 14.1. The van der Waals surface area contributed by atoms with E-state index in [1.807, 2.05) is 0 Å². The number of nitrogens with zero attached hydrogens (tertiary/aromatic N) is 2. The second-order valence-electron chi connectivity index (χ2n) is 7.74. The van der Waals surface area contributed by atoms with E-state index < -0.39 is 11.7 Å². The number of hydrazine groups is 1. The molecule has 1 aliphatic heterocycles. The summed E-state index contributed by atoms with van der Waals surface area (Å²) >= 11 is 1.20. The quantitative estimate of drug-likeness (QED) is 0.748. The van der Waals surface area contributed by atoms with Gasteiger partial charge in [-0.25, -0.2) is 15.4 Å². The molecule has 0 amide bonds. The third-order valence-corrected chi connectivity index (χ3v) is 7.07. The van der Waals surface area contributed by atoms with Crippen molar-refractivity contribution in [1.29, 1.82) is 0 Å². The Hall–Kier alpha value is -1.67. The van der Waals surface area contributed by atoms with Crippen LogP contribution in [0.1, 0.15) is 44.1 Å². The molecule has 1 spiro atoms. The number of alkyl halides is 3. The zero-order chi connectivity index (χ0) is 17.9. The number of benzene rings is 1. The van der Waals surface area contributed by atoms with Gasteiger partial charge in [-0.1, -0.05) is 24.2 Å². The van der Waals surface area contributed by atoms with Crippen molar-refractivity contribution in [3.63, 3.8) is 0 Å². The summed E-state index contributed by atoms with van der Waals surface area (Å²) in [5.41, 5.74) is 6.71. The molecule has 2 bridgehead atoms. The normalized spacial score (nSPS) is 32.7. The summed E-state index contributed by atoms with van der Waals surface area (Å²) in [7, 11) is 0. The maximum atomic E-state index is 12.9. The van der Waals surface area contributed by atoms with Gasteiger partial charge in [-0.3, -0.25) is 0 Å². The SMILES string of the molecule is FC(F)(F)c1ccc2nc(N=C3CC4(CC5CCC4CC5)NN3)sc2c1. The molecule has 1 saturated heterocycles. The molecule has 2 N–H and O–H groups in total. The highest BCUT2D eigenvalue weighted by atomic mass is 32.1. The molecular formula is C18H19F3N4S. The van der Waals surface area contributed by atoms with Gasteiger partial charge in [0.1, 0.15) is 5.84 Å². The Balaban J connectivity index is 1.41. The maximum absolute atomic E-state index is 12.9. The Kier molecular flexibility index (Phi) is 3.59. The molecule has 1 aromatic heterocycles. The van der Waals surface area contributed by atoms with E-state index >= 15 is 0 Å². The molecule has 8 heteroatoms. The summed E-state index contributed by atoms with van der Waals surface area (Å²) in [5, 5.41) is 0.502. The summed E-state index contributed by atoms with van der Waals surface area (Å²) in [6.07, 6.45) is 2.89. The van der Waals surface area contributed by atoms with Gasteiger partial charge in [0.25, 0.3) is 0 Å². The molecule has 1 aromatic carbocycles. The molecule has 1 unspecified atom stereocenters. The van der Waals surface area contributed by atoms with Crippen LogP contribution in [0.2, 0.25) is 0 Å². The smallest absolute Gasteiger partial charge is 0.309 e. The summed E-state index contributed by atoms with van der Waals surface area (Å²) in [5.74, 6) is 2.32. The van der Waals surface area contributed by atoms with Crippen molar-refractivity contribution in [2.45, 2.75) is 50.2 Å². The van der Waals surface area contributed by atoms with Crippen LogP contribution < -0.4 is 10.9 Å². The Labute approximate surface area is 152 Å². The van der Waals surface area contributed by atoms with Gasteiger partial charge in [-0.05, 0) is 49.3 Å². The first-order chi connectivity index (χ1) is 12.4. The molecule has 2 heterocycles. The van der Waals surface area contributed by atoms with Crippen molar-refractivity contribution >= 4 is 32.5 Å². The van der Waals surface area contributed by atoms with Crippen molar-refractivity contribution < 1.29 is 13.2 Å². The third kappa shape index (κ3) is 2.70. The summed E-state index contributed by atoms with van der Waals surface area (Å²) in [6.45, 7) is 0. The molecule has 3 aliphatic carbocycles. The minimum absolute atomic E-state index is 0.0974. The van der Waals surface area contributed by atoms with Crippen LogP contribution in [-0.4, -0.2) is 16.4 Å². The first kappa shape index (κ1) is 16.5. The van der Waals surface area contributed by atoms with Crippen molar-refractivity contribution in [1.82, 2.24) is 15.8 Å². The minimum Gasteiger partial charge on any atom is -0.309 e. The fraction of sp³-hybridized carbons (Fsp3) is 0.556. The lowest BCUT2D eigenvalue weighted by atomic mass is 9.60. The van der Waals surface area contributed by atoms with Crippen molar-refractivity contribution in [3.8, 4) is 0 Å². The van der Waals surface area contributed by atoms with Gasteiger partial charge in [0.2, 0.25) is 5.13 Å². The number of amidine groups is 1. The van der Waals surface area contributed by atoms with Crippen LogP contribution in [0.25, 0.3) is 10.2 Å². The highest BCUT2D eigenvalue weighted by Gasteiger charge is 2.50. The fourth-order valence-electron chi connectivity index (χ4n) is 4.87. The van der Waals surface area contributed by atoms with Crippen molar-refractivity contribution in [3.05, 3.63) is 23.8 Å². The van der Waals surface area contributed by atoms with Gasteiger partial charge in [-0.2, -0.15) is 13.2 Å². The number of nitrogens with one attached hydrogen (secondary N) is 2. The number of aliphatic imine (C=N–C) groups is 1. The first-order valence-corrected chi connectivity index (χ1v) is 9.81. The van der Waals surface area contributed by atoms with E-state index in [4.69, 9.17) is 0 Å². The zero-order valence-corrected chi connectivity index (χ0v) is 14.9. The number of fused-ring (bicyclic) bond motifs is 3. The molecule has 0 radical (unpaired) electrons. The molecule has 138 valence electrons. The van der Waals surface area contributed by atoms with Gasteiger partial charge in [0.05, 0.1) is 15.8 Å². The van der Waals surface area contributed by atoms with Crippen LogP contribution in [0.15, 0.2) is 23.2 Å². The predicted octanol–water partition coefficient (Wildman–Crippen LogP) is 4.79. The number of rotatable bonds is 1. The second-order valence-corrected chi connectivity index (χ2v) is 8.75. The number of hydrogen-bond donors (Lipinski definition) is 2. The molecular weight excluding hydrogens is 361 g/mol. The maximum Gasteiger partial charge on any atom is 0.416 e. The average Bonchev–Trinajstić information content (AvgIpc) is 3.18. The molecule has 2 aromatic rings. The average molecular weight is 380 g/mol. The van der Waals surface area contributed by atoms with E-state index in [1.165, 1.54) is 49.5 Å². The molecule has 26 heavy (non-hydrogen) atoms. The lowest BCUT2D eigenvalue weighted by Gasteiger charge is -2.49. The number of halogens is 3. The Bertz CT molecular complexity index is 882. The molecule has 4 aliphatic rings. The third-order valence-electron chi connectivity index (χ3n) is 6.15. The number of aromatic nitrogens is 1. The summed E-state index contributed by atoms with van der Waals surface area (Å²) in [4.78, 5) is 8.97. The van der Waals surface area contributed by atoms with Crippen LogP contribution in [0, 0.1) is 11.8 Å². The van der Waals surface area contributed by atoms with Gasteiger partial charge >= 0.3 is 6.18 Å². The topological polar surface area (TPSA) is 49.3 Å². The summed E-state index contributed by atoms with van der Waals surface area (Å²) < 4.78 is 39.1. The molecule has 6 rings (SSSR count). The number of hydrogen-bond acceptors (Lipinski definition) is 4. The van der Waals surface area contributed by atoms with E-state index in [9.17, 15) is 13.2 Å². The van der Waals surface area contributed by atoms with Crippen molar-refractivity contribution in [2.24, 2.45) is 16.8 Å². The monoisotopic (exact) mass is 380 g/mol. The minimum atomic E-state index is -4.34. The molecule has 4 fully saturated rings. The standard InChI is InChI=1S/C18H19F3N4S/c19-18(20,21)12-5-6-13-14(7-12)26-16(22-13)23-15-9-17(25-24-15)8-10-1-3-11(17)4-2-10/h5-7,10-11,25H,1-4,8-9H2,(H,22,23,24). The largest absolute Gasteiger partial charge is 0.416 e. The highest BCUT2D eigenvalue weighted by molar-refractivity contribution is 7.22. The van der Waals surface area contributed by atoms with Gasteiger partial charge in [0.15, 0.2) is 0 Å². The van der Waals surface area contributed by atoms with E-state index in [0.717, 1.165) is 30.3 Å². The van der Waals surface area contributed by atoms with Gasteiger partial charge in [0, 0.05) is 12.0 Å². The van der Waals surface area contributed by atoms with Crippen LogP contribution in [0.3, 0.4) is 0 Å². The van der Waals surface area contributed by atoms with Crippen LogP contribution >= 0.6 is 11.3 Å². The van der Waals surface area contributed by atoms with Crippen molar-refractivity contribution in [2.75, 3.05) is 0 Å². The van der Waals surface area contributed by atoms with E-state index in [2.05, 4.69) is 20.8 Å². The fourth-order valence-corrected chi connectivity index (χ4v) is 5.77. The molecule has 1 atom stereocenters. The van der Waals surface area contributed by atoms with E-state index in [-0.39, 0.29) is 5.54 Å². The van der Waals surface area contributed by atoms with Gasteiger partial charge < -0.3 is 5.43 Å². The Morgan fingerprint density at radius 3 is 2.69 bits per heavy atom. The Morgan fingerprint density at radius 1 is 1.19 bits per heavy atom. The van der Waals surface area contributed by atoms with E-state index in [1.54, 1.807) is 0 Å². The van der Waals surface area contributed by atoms with Crippen LogP contribution in [-0.2, 0) is 6.18 Å². The first-order valence-electron chi connectivity index (χ1n) is 9.00. The second kappa shape index (κ2) is 5.66. The Morgan fingerprint density at radius 2 is 2.00 bits per heavy atom. The van der Waals surface area contributed by atoms with Crippen LogP contribution in [0.4, 0.5) is 18.3 Å². The van der Waals surface area contributed by atoms with Gasteiger partial charge in [-0.15, -0.1) is 0 Å². The van der Waals surface area contributed by atoms with E-state index in [0.29, 0.717) is 21.3 Å². The predicted molar refractivity (Wildman–Crippen MR) is 95.4 cm³/mol. The number of thiazole rings is 1. The summed E-state index contributed by atoms with van der Waals surface area (Å²) in [6, 6.07) is 3.64.